The summed E-state index contributed by atoms with van der Waals surface area (Å²) in [4.78, 5) is 14.8. The molecule has 2 aromatic heterocycles. The molecule has 0 atom stereocenters. The zero-order valence-electron chi connectivity index (χ0n) is 8.44. The molecule has 6 nitrogen and oxygen atoms in total. The molecule has 84 valence electrons. The minimum atomic E-state index is -0.919. The highest BCUT2D eigenvalue weighted by atomic mass is 79.9. The van der Waals surface area contributed by atoms with Crippen LogP contribution in [-0.2, 0) is 11.2 Å². The second-order valence-electron chi connectivity index (χ2n) is 3.16. The Balaban J connectivity index is 2.54. The van der Waals surface area contributed by atoms with Gasteiger partial charge in [0.15, 0.2) is 5.65 Å². The molecule has 0 aliphatic rings. The third-order valence-electron chi connectivity index (χ3n) is 2.06. The van der Waals surface area contributed by atoms with Crippen LogP contribution in [0.3, 0.4) is 0 Å². The first-order chi connectivity index (χ1) is 7.61. The maximum Gasteiger partial charge on any atom is 0.309 e. The molecule has 2 rings (SSSR count). The minimum Gasteiger partial charge on any atom is -0.481 e. The summed E-state index contributed by atoms with van der Waals surface area (Å²) in [6.07, 6.45) is -0.126. The highest BCUT2D eigenvalue weighted by Crippen LogP contribution is 2.19. The molecule has 7 heteroatoms. The van der Waals surface area contributed by atoms with E-state index in [4.69, 9.17) is 5.11 Å². The average molecular weight is 285 g/mol. The number of aromatic nitrogens is 3. The molecule has 0 aliphatic heterocycles. The van der Waals surface area contributed by atoms with E-state index >= 15 is 0 Å². The van der Waals surface area contributed by atoms with Crippen molar-refractivity contribution in [1.82, 2.24) is 14.6 Å². The smallest absolute Gasteiger partial charge is 0.309 e. The number of carboxylic acids is 1. The van der Waals surface area contributed by atoms with Gasteiger partial charge in [-0.1, -0.05) is 0 Å². The van der Waals surface area contributed by atoms with E-state index in [1.54, 1.807) is 23.7 Å². The van der Waals surface area contributed by atoms with Crippen molar-refractivity contribution in [3.05, 3.63) is 22.4 Å². The van der Waals surface area contributed by atoms with E-state index in [1.807, 2.05) is 0 Å². The van der Waals surface area contributed by atoms with Crippen molar-refractivity contribution in [1.29, 1.82) is 0 Å². The van der Waals surface area contributed by atoms with Crippen molar-refractivity contribution in [2.75, 3.05) is 12.4 Å². The standard InChI is InChI=1S/C9H9BrN4O2/c1-11-6-2-3-7-12-5(4-8(15)16)9(10)14(7)13-6/h2-3H,4H2,1H3,(H,11,13)(H,15,16). The first-order valence-corrected chi connectivity index (χ1v) is 5.35. The van der Waals surface area contributed by atoms with Crippen molar-refractivity contribution in [2.45, 2.75) is 6.42 Å². The van der Waals surface area contributed by atoms with Crippen LogP contribution in [0.1, 0.15) is 5.69 Å². The minimum absolute atomic E-state index is 0.126. The van der Waals surface area contributed by atoms with E-state index in [2.05, 4.69) is 31.3 Å². The van der Waals surface area contributed by atoms with E-state index < -0.39 is 5.97 Å². The molecule has 0 saturated heterocycles. The Morgan fingerprint density at radius 3 is 3.00 bits per heavy atom. The van der Waals surface area contributed by atoms with Gasteiger partial charge in [-0.2, -0.15) is 0 Å². The number of nitrogens with one attached hydrogen (secondary N) is 1. The van der Waals surface area contributed by atoms with Gasteiger partial charge in [0.1, 0.15) is 10.4 Å². The van der Waals surface area contributed by atoms with Crippen LogP contribution in [-0.4, -0.2) is 32.7 Å². The molecule has 2 N–H and O–H groups in total. The van der Waals surface area contributed by atoms with E-state index in [-0.39, 0.29) is 6.42 Å². The first-order valence-electron chi connectivity index (χ1n) is 4.55. The molecule has 2 aromatic rings. The Morgan fingerprint density at radius 1 is 1.62 bits per heavy atom. The number of imidazole rings is 1. The van der Waals surface area contributed by atoms with Gasteiger partial charge >= 0.3 is 5.97 Å². The quantitative estimate of drug-likeness (QED) is 0.884. The molecule has 0 spiro atoms. The topological polar surface area (TPSA) is 79.5 Å². The van der Waals surface area contributed by atoms with Crippen LogP contribution in [0.5, 0.6) is 0 Å². The second kappa shape index (κ2) is 4.09. The van der Waals surface area contributed by atoms with Crippen molar-refractivity contribution in [2.24, 2.45) is 0 Å². The van der Waals surface area contributed by atoms with Crippen molar-refractivity contribution >= 4 is 33.4 Å². The molecule has 0 bridgehead atoms. The molecular formula is C9H9BrN4O2. The second-order valence-corrected chi connectivity index (χ2v) is 3.91. The number of aliphatic carboxylic acids is 1. The summed E-state index contributed by atoms with van der Waals surface area (Å²) in [5, 5.41) is 15.8. The molecular weight excluding hydrogens is 276 g/mol. The van der Waals surface area contributed by atoms with Crippen molar-refractivity contribution < 1.29 is 9.90 Å². The van der Waals surface area contributed by atoms with E-state index in [1.165, 1.54) is 0 Å². The summed E-state index contributed by atoms with van der Waals surface area (Å²) in [6.45, 7) is 0. The summed E-state index contributed by atoms with van der Waals surface area (Å²) in [7, 11) is 1.76. The summed E-state index contributed by atoms with van der Waals surface area (Å²) in [6, 6.07) is 3.55. The van der Waals surface area contributed by atoms with Gasteiger partial charge in [0.05, 0.1) is 12.1 Å². The van der Waals surface area contributed by atoms with Gasteiger partial charge in [-0.05, 0) is 28.1 Å². The van der Waals surface area contributed by atoms with Gasteiger partial charge < -0.3 is 10.4 Å². The average Bonchev–Trinajstić information content (AvgIpc) is 2.55. The molecule has 0 fully saturated rings. The summed E-state index contributed by atoms with van der Waals surface area (Å²) < 4.78 is 2.13. The predicted molar refractivity (Wildman–Crippen MR) is 61.6 cm³/mol. The van der Waals surface area contributed by atoms with Gasteiger partial charge in [-0.3, -0.25) is 4.79 Å². The Labute approximate surface area is 99.4 Å². The summed E-state index contributed by atoms with van der Waals surface area (Å²) in [5.41, 5.74) is 1.08. The fourth-order valence-corrected chi connectivity index (χ4v) is 1.83. The maximum absolute atomic E-state index is 10.6. The first kappa shape index (κ1) is 10.9. The van der Waals surface area contributed by atoms with Crippen LogP contribution >= 0.6 is 15.9 Å². The van der Waals surface area contributed by atoms with Gasteiger partial charge in [0.2, 0.25) is 0 Å². The molecule has 2 heterocycles. The molecule has 0 amide bonds. The Morgan fingerprint density at radius 2 is 2.38 bits per heavy atom. The Bertz CT molecular complexity index is 552. The summed E-state index contributed by atoms with van der Waals surface area (Å²) in [5.74, 6) is -0.231. The number of halogens is 1. The fourth-order valence-electron chi connectivity index (χ4n) is 1.34. The van der Waals surface area contributed by atoms with Crippen LogP contribution < -0.4 is 5.32 Å². The largest absolute Gasteiger partial charge is 0.481 e. The lowest BCUT2D eigenvalue weighted by molar-refractivity contribution is -0.136. The monoisotopic (exact) mass is 284 g/mol. The SMILES string of the molecule is CNc1ccc2nc(CC(=O)O)c(Br)n2n1. The number of hydrogen-bond donors (Lipinski definition) is 2. The number of fused-ring (bicyclic) bond motifs is 1. The van der Waals surface area contributed by atoms with Gasteiger partial charge in [0, 0.05) is 7.05 Å². The number of anilines is 1. The molecule has 0 saturated carbocycles. The Hall–Kier alpha value is -1.63. The van der Waals surface area contributed by atoms with Gasteiger partial charge in [0.25, 0.3) is 0 Å². The van der Waals surface area contributed by atoms with Crippen LogP contribution in [0.15, 0.2) is 16.7 Å². The van der Waals surface area contributed by atoms with Crippen LogP contribution in [0.4, 0.5) is 5.82 Å². The molecule has 0 aliphatic carbocycles. The normalized spacial score (nSPS) is 10.6. The van der Waals surface area contributed by atoms with Crippen LogP contribution in [0.2, 0.25) is 0 Å². The third kappa shape index (κ3) is 1.85. The fraction of sp³-hybridized carbons (Fsp3) is 0.222. The number of nitrogens with zero attached hydrogens (tertiary/aromatic N) is 3. The third-order valence-corrected chi connectivity index (χ3v) is 2.86. The molecule has 16 heavy (non-hydrogen) atoms. The lowest BCUT2D eigenvalue weighted by Gasteiger charge is -1.99. The highest BCUT2D eigenvalue weighted by Gasteiger charge is 2.13. The van der Waals surface area contributed by atoms with Crippen LogP contribution in [0, 0.1) is 0 Å². The van der Waals surface area contributed by atoms with Crippen molar-refractivity contribution in [3.8, 4) is 0 Å². The Kier molecular flexibility index (Phi) is 2.78. The zero-order valence-corrected chi connectivity index (χ0v) is 10.0. The highest BCUT2D eigenvalue weighted by molar-refractivity contribution is 9.10. The molecule has 0 aromatic carbocycles. The van der Waals surface area contributed by atoms with Crippen LogP contribution in [0.25, 0.3) is 5.65 Å². The number of hydrogen-bond acceptors (Lipinski definition) is 4. The predicted octanol–water partition coefficient (Wildman–Crippen LogP) is 1.16. The van der Waals surface area contributed by atoms with E-state index in [0.29, 0.717) is 21.8 Å². The number of rotatable bonds is 3. The van der Waals surface area contributed by atoms with Crippen molar-refractivity contribution in [3.63, 3.8) is 0 Å². The van der Waals surface area contributed by atoms with E-state index in [9.17, 15) is 4.79 Å². The van der Waals surface area contributed by atoms with Gasteiger partial charge in [-0.15, -0.1) is 5.10 Å². The molecule has 0 radical (unpaired) electrons. The van der Waals surface area contributed by atoms with E-state index in [0.717, 1.165) is 0 Å². The lowest BCUT2D eigenvalue weighted by atomic mass is 10.3. The zero-order chi connectivity index (χ0) is 11.7. The molecule has 0 unspecified atom stereocenters. The number of carboxylic acid groups (broad SMARTS) is 1. The summed E-state index contributed by atoms with van der Waals surface area (Å²) >= 11 is 3.29. The lowest BCUT2D eigenvalue weighted by Crippen LogP contribution is -2.01. The maximum atomic E-state index is 10.6. The number of carbonyl (C=O) groups is 1. The van der Waals surface area contributed by atoms with Gasteiger partial charge in [-0.25, -0.2) is 9.50 Å².